The van der Waals surface area contributed by atoms with Crippen LogP contribution in [0, 0.1) is 18.8 Å². The molecule has 0 unspecified atom stereocenters. The molecule has 0 saturated heterocycles. The second-order valence-electron chi connectivity index (χ2n) is 4.58. The summed E-state index contributed by atoms with van der Waals surface area (Å²) in [6, 6.07) is 4.77. The monoisotopic (exact) mass is 263 g/mol. The van der Waals surface area contributed by atoms with E-state index in [1.807, 2.05) is 0 Å². The number of benzene rings is 1. The summed E-state index contributed by atoms with van der Waals surface area (Å²) < 4.78 is 0. The van der Waals surface area contributed by atoms with Crippen molar-refractivity contribution >= 4 is 23.5 Å². The molecule has 1 fully saturated rings. The first kappa shape index (κ1) is 13.1. The first-order valence-electron chi connectivity index (χ1n) is 5.78. The summed E-state index contributed by atoms with van der Waals surface area (Å²) in [4.78, 5) is 33.6. The third-order valence-electron chi connectivity index (χ3n) is 3.19. The van der Waals surface area contributed by atoms with E-state index in [1.165, 1.54) is 6.07 Å². The van der Waals surface area contributed by atoms with Gasteiger partial charge in [0.15, 0.2) is 0 Å². The lowest BCUT2D eigenvalue weighted by Gasteiger charge is -2.10. The van der Waals surface area contributed by atoms with Crippen LogP contribution < -0.4 is 5.32 Å². The van der Waals surface area contributed by atoms with Gasteiger partial charge in [-0.15, -0.1) is 0 Å². The normalized spacial score (nSPS) is 20.7. The number of hydrogen-bond acceptors (Lipinski definition) is 3. The lowest BCUT2D eigenvalue weighted by Crippen LogP contribution is -2.19. The van der Waals surface area contributed by atoms with Crippen molar-refractivity contribution in [1.82, 2.24) is 0 Å². The van der Waals surface area contributed by atoms with Crippen molar-refractivity contribution < 1.29 is 24.6 Å². The Morgan fingerprint density at radius 1 is 1.21 bits per heavy atom. The fourth-order valence-electron chi connectivity index (χ4n) is 2.04. The van der Waals surface area contributed by atoms with E-state index in [1.54, 1.807) is 19.1 Å². The third kappa shape index (κ3) is 2.57. The highest BCUT2D eigenvalue weighted by atomic mass is 16.4. The van der Waals surface area contributed by atoms with Gasteiger partial charge in [0, 0.05) is 0 Å². The molecule has 0 aliphatic heterocycles. The van der Waals surface area contributed by atoms with Crippen LogP contribution in [0.25, 0.3) is 0 Å². The minimum absolute atomic E-state index is 0.0309. The Bertz CT molecular complexity index is 566. The number of anilines is 1. The maximum atomic E-state index is 11.8. The topological polar surface area (TPSA) is 104 Å². The molecular weight excluding hydrogens is 250 g/mol. The zero-order valence-electron chi connectivity index (χ0n) is 10.2. The highest BCUT2D eigenvalue weighted by Gasteiger charge is 2.48. The zero-order valence-corrected chi connectivity index (χ0v) is 10.2. The van der Waals surface area contributed by atoms with Gasteiger partial charge in [-0.1, -0.05) is 12.1 Å². The predicted octanol–water partition coefficient (Wildman–Crippen LogP) is 1.35. The van der Waals surface area contributed by atoms with Crippen molar-refractivity contribution in [3.63, 3.8) is 0 Å². The first-order chi connectivity index (χ1) is 8.91. The molecule has 19 heavy (non-hydrogen) atoms. The summed E-state index contributed by atoms with van der Waals surface area (Å²) in [5, 5.41) is 20.4. The summed E-state index contributed by atoms with van der Waals surface area (Å²) in [5.74, 6) is -3.79. The number of aryl methyl sites for hydroxylation is 1. The Labute approximate surface area is 109 Å². The molecule has 100 valence electrons. The number of carboxylic acid groups (broad SMARTS) is 2. The molecule has 0 bridgehead atoms. The van der Waals surface area contributed by atoms with Crippen LogP contribution in [0.2, 0.25) is 0 Å². The van der Waals surface area contributed by atoms with E-state index in [9.17, 15) is 14.4 Å². The quantitative estimate of drug-likeness (QED) is 0.760. The SMILES string of the molecule is Cc1cccc(NC(=O)[C@@H]2C[C@H]2C(=O)O)c1C(=O)O. The number of carboxylic acids is 2. The lowest BCUT2D eigenvalue weighted by atomic mass is 10.1. The number of rotatable bonds is 4. The molecule has 6 nitrogen and oxygen atoms in total. The van der Waals surface area contributed by atoms with E-state index in [0.717, 1.165) is 0 Å². The van der Waals surface area contributed by atoms with Gasteiger partial charge in [0.2, 0.25) is 5.91 Å². The highest BCUT2D eigenvalue weighted by molar-refractivity contribution is 6.04. The number of amides is 1. The minimum atomic E-state index is -1.13. The van der Waals surface area contributed by atoms with Crippen molar-refractivity contribution in [3.8, 4) is 0 Å². The van der Waals surface area contributed by atoms with Gasteiger partial charge in [0.25, 0.3) is 0 Å². The van der Waals surface area contributed by atoms with Crippen molar-refractivity contribution in [1.29, 1.82) is 0 Å². The smallest absolute Gasteiger partial charge is 0.338 e. The Kier molecular flexibility index (Phi) is 3.25. The van der Waals surface area contributed by atoms with E-state index in [-0.39, 0.29) is 11.3 Å². The van der Waals surface area contributed by atoms with Crippen LogP contribution in [-0.2, 0) is 9.59 Å². The maximum absolute atomic E-state index is 11.8. The molecule has 0 heterocycles. The molecule has 1 aromatic rings. The van der Waals surface area contributed by atoms with E-state index >= 15 is 0 Å². The average Bonchev–Trinajstić information content (AvgIpc) is 3.08. The fraction of sp³-hybridized carbons (Fsp3) is 0.308. The van der Waals surface area contributed by atoms with E-state index < -0.39 is 29.7 Å². The van der Waals surface area contributed by atoms with E-state index in [0.29, 0.717) is 12.0 Å². The van der Waals surface area contributed by atoms with Gasteiger partial charge >= 0.3 is 11.9 Å². The zero-order chi connectivity index (χ0) is 14.2. The predicted molar refractivity (Wildman–Crippen MR) is 66.0 cm³/mol. The molecule has 0 aromatic heterocycles. The van der Waals surface area contributed by atoms with Crippen LogP contribution >= 0.6 is 0 Å². The molecule has 1 aliphatic rings. The summed E-state index contributed by atoms with van der Waals surface area (Å²) in [7, 11) is 0. The molecular formula is C13H13NO5. The van der Waals surface area contributed by atoms with Crippen molar-refractivity contribution in [3.05, 3.63) is 29.3 Å². The second kappa shape index (κ2) is 4.72. The summed E-state index contributed by atoms with van der Waals surface area (Å²) in [6.07, 6.45) is 0.301. The number of hydrogen-bond donors (Lipinski definition) is 3. The average molecular weight is 263 g/mol. The molecule has 1 aliphatic carbocycles. The Balaban J connectivity index is 2.16. The molecule has 1 aromatic carbocycles. The largest absolute Gasteiger partial charge is 0.481 e. The standard InChI is InChI=1S/C13H13NO5/c1-6-3-2-4-9(10(6)13(18)19)14-11(15)7-5-8(7)12(16)17/h2-4,7-8H,5H2,1H3,(H,14,15)(H,16,17)(H,18,19)/t7-,8-/m1/s1. The summed E-state index contributed by atoms with van der Waals surface area (Å²) in [5.41, 5.74) is 0.771. The maximum Gasteiger partial charge on any atom is 0.338 e. The van der Waals surface area contributed by atoms with Gasteiger partial charge in [-0.25, -0.2) is 4.79 Å². The van der Waals surface area contributed by atoms with Gasteiger partial charge in [0.1, 0.15) is 0 Å². The summed E-state index contributed by atoms with van der Waals surface area (Å²) in [6.45, 7) is 1.64. The molecule has 1 saturated carbocycles. The highest BCUT2D eigenvalue weighted by Crippen LogP contribution is 2.39. The molecule has 2 rings (SSSR count). The van der Waals surface area contributed by atoms with E-state index in [4.69, 9.17) is 10.2 Å². The molecule has 3 N–H and O–H groups in total. The molecule has 1 amide bonds. The Morgan fingerprint density at radius 2 is 1.89 bits per heavy atom. The number of nitrogens with one attached hydrogen (secondary N) is 1. The summed E-state index contributed by atoms with van der Waals surface area (Å²) >= 11 is 0. The Hall–Kier alpha value is -2.37. The number of aromatic carboxylic acids is 1. The van der Waals surface area contributed by atoms with Gasteiger partial charge in [-0.05, 0) is 25.0 Å². The van der Waals surface area contributed by atoms with Gasteiger partial charge < -0.3 is 15.5 Å². The molecule has 6 heteroatoms. The number of carbonyl (C=O) groups excluding carboxylic acids is 1. The number of carbonyl (C=O) groups is 3. The Morgan fingerprint density at radius 3 is 2.42 bits per heavy atom. The molecule has 0 radical (unpaired) electrons. The van der Waals surface area contributed by atoms with Gasteiger partial charge in [0.05, 0.1) is 23.1 Å². The van der Waals surface area contributed by atoms with Crippen LogP contribution in [0.4, 0.5) is 5.69 Å². The van der Waals surface area contributed by atoms with Crippen molar-refractivity contribution in [2.45, 2.75) is 13.3 Å². The van der Waals surface area contributed by atoms with Crippen LogP contribution in [0.15, 0.2) is 18.2 Å². The fourth-order valence-corrected chi connectivity index (χ4v) is 2.04. The first-order valence-corrected chi connectivity index (χ1v) is 5.78. The van der Waals surface area contributed by atoms with Crippen LogP contribution in [0.1, 0.15) is 22.3 Å². The van der Waals surface area contributed by atoms with Gasteiger partial charge in [-0.2, -0.15) is 0 Å². The minimum Gasteiger partial charge on any atom is -0.481 e. The molecule has 2 atom stereocenters. The van der Waals surface area contributed by atoms with Crippen LogP contribution in [-0.4, -0.2) is 28.1 Å². The molecule has 0 spiro atoms. The van der Waals surface area contributed by atoms with Crippen LogP contribution in [0.3, 0.4) is 0 Å². The van der Waals surface area contributed by atoms with Gasteiger partial charge in [-0.3, -0.25) is 9.59 Å². The van der Waals surface area contributed by atoms with Crippen molar-refractivity contribution in [2.75, 3.05) is 5.32 Å². The van der Waals surface area contributed by atoms with E-state index in [2.05, 4.69) is 5.32 Å². The lowest BCUT2D eigenvalue weighted by molar-refractivity contribution is -0.139. The third-order valence-corrected chi connectivity index (χ3v) is 3.19. The van der Waals surface area contributed by atoms with Crippen LogP contribution in [0.5, 0.6) is 0 Å². The second-order valence-corrected chi connectivity index (χ2v) is 4.58. The number of aliphatic carboxylic acids is 1. The van der Waals surface area contributed by atoms with Crippen molar-refractivity contribution in [2.24, 2.45) is 11.8 Å².